The van der Waals surface area contributed by atoms with Crippen molar-refractivity contribution < 1.29 is 5.11 Å². The van der Waals surface area contributed by atoms with E-state index in [0.29, 0.717) is 0 Å². The van der Waals surface area contributed by atoms with Crippen molar-refractivity contribution in [3.63, 3.8) is 0 Å². The summed E-state index contributed by atoms with van der Waals surface area (Å²) in [6.07, 6.45) is 1.56. The summed E-state index contributed by atoms with van der Waals surface area (Å²) >= 11 is 0. The Kier molecular flexibility index (Phi) is 3.26. The molecule has 2 heteroatoms. The number of fused-ring (bicyclic) bond motifs is 1. The van der Waals surface area contributed by atoms with Crippen molar-refractivity contribution in [2.75, 3.05) is 5.32 Å². The van der Waals surface area contributed by atoms with Crippen LogP contribution in [0.5, 0.6) is 0 Å². The Labute approximate surface area is 114 Å². The van der Waals surface area contributed by atoms with E-state index in [1.807, 2.05) is 18.2 Å². The fraction of sp³-hybridized carbons (Fsp3) is 0.294. The lowest BCUT2D eigenvalue weighted by Crippen LogP contribution is -2.32. The highest BCUT2D eigenvalue weighted by atomic mass is 16.3. The van der Waals surface area contributed by atoms with E-state index in [1.54, 1.807) is 0 Å². The lowest BCUT2D eigenvalue weighted by molar-refractivity contribution is 0.142. The molecule has 0 aliphatic heterocycles. The van der Waals surface area contributed by atoms with Crippen LogP contribution >= 0.6 is 0 Å². The number of aliphatic hydroxyl groups excluding tert-OH is 1. The minimum absolute atomic E-state index is 0.0950. The number of nitrogens with one attached hydrogen (secondary N) is 1. The van der Waals surface area contributed by atoms with Gasteiger partial charge in [-0.2, -0.15) is 0 Å². The molecule has 3 rings (SSSR count). The van der Waals surface area contributed by atoms with Gasteiger partial charge in [-0.15, -0.1) is 0 Å². The summed E-state index contributed by atoms with van der Waals surface area (Å²) in [6, 6.07) is 16.6. The quantitative estimate of drug-likeness (QED) is 0.859. The Morgan fingerprint density at radius 3 is 2.58 bits per heavy atom. The fourth-order valence-electron chi connectivity index (χ4n) is 2.75. The van der Waals surface area contributed by atoms with Crippen LogP contribution in [0.15, 0.2) is 48.5 Å². The highest BCUT2D eigenvalue weighted by molar-refractivity contribution is 5.47. The molecule has 98 valence electrons. The zero-order chi connectivity index (χ0) is 13.2. The van der Waals surface area contributed by atoms with Crippen LogP contribution in [0.1, 0.15) is 29.2 Å². The first kappa shape index (κ1) is 12.2. The molecular formula is C17H19NO. The van der Waals surface area contributed by atoms with Crippen LogP contribution in [-0.4, -0.2) is 11.1 Å². The average Bonchev–Trinajstić information content (AvgIpc) is 2.45. The number of aliphatic hydroxyl groups is 1. The summed E-state index contributed by atoms with van der Waals surface area (Å²) < 4.78 is 0. The normalized spacial score (nSPS) is 21.8. The second-order valence-corrected chi connectivity index (χ2v) is 5.30. The summed E-state index contributed by atoms with van der Waals surface area (Å²) in [4.78, 5) is 0. The molecule has 19 heavy (non-hydrogen) atoms. The largest absolute Gasteiger partial charge is 0.386 e. The topological polar surface area (TPSA) is 32.3 Å². The standard InChI is InChI=1S/C17H19NO/c1-12-6-9-14(10-7-12)18-16-11-8-13-4-2-3-5-15(13)17(16)19/h2-7,9-10,16-19H,8,11H2,1H3. The Hall–Kier alpha value is -1.80. The third-order valence-corrected chi connectivity index (χ3v) is 3.88. The van der Waals surface area contributed by atoms with Gasteiger partial charge in [0.2, 0.25) is 0 Å². The van der Waals surface area contributed by atoms with Crippen molar-refractivity contribution in [3.05, 3.63) is 65.2 Å². The minimum Gasteiger partial charge on any atom is -0.386 e. The van der Waals surface area contributed by atoms with Crippen molar-refractivity contribution in [1.29, 1.82) is 0 Å². The number of anilines is 1. The molecule has 0 radical (unpaired) electrons. The maximum Gasteiger partial charge on any atom is 0.0993 e. The van der Waals surface area contributed by atoms with E-state index in [1.165, 1.54) is 11.1 Å². The van der Waals surface area contributed by atoms with Crippen LogP contribution in [0, 0.1) is 6.92 Å². The molecule has 0 saturated carbocycles. The molecule has 0 spiro atoms. The molecule has 2 aromatic rings. The molecule has 2 nitrogen and oxygen atoms in total. The van der Waals surface area contributed by atoms with Crippen LogP contribution in [0.2, 0.25) is 0 Å². The van der Waals surface area contributed by atoms with E-state index in [-0.39, 0.29) is 6.04 Å². The number of aryl methyl sites for hydroxylation is 2. The van der Waals surface area contributed by atoms with E-state index >= 15 is 0 Å². The van der Waals surface area contributed by atoms with E-state index in [0.717, 1.165) is 24.1 Å². The monoisotopic (exact) mass is 253 g/mol. The molecular weight excluding hydrogens is 234 g/mol. The maximum absolute atomic E-state index is 10.5. The molecule has 0 aromatic heterocycles. The van der Waals surface area contributed by atoms with Gasteiger partial charge in [0, 0.05) is 5.69 Å². The molecule has 0 bridgehead atoms. The molecule has 0 amide bonds. The molecule has 2 aromatic carbocycles. The molecule has 2 unspecified atom stereocenters. The summed E-state index contributed by atoms with van der Waals surface area (Å²) in [5.74, 6) is 0. The summed E-state index contributed by atoms with van der Waals surface area (Å²) in [5, 5.41) is 13.9. The SMILES string of the molecule is Cc1ccc(NC2CCc3ccccc3C2O)cc1. The number of hydrogen-bond acceptors (Lipinski definition) is 2. The maximum atomic E-state index is 10.5. The van der Waals surface area contributed by atoms with Crippen LogP contribution < -0.4 is 5.32 Å². The second-order valence-electron chi connectivity index (χ2n) is 5.30. The highest BCUT2D eigenvalue weighted by Gasteiger charge is 2.27. The lowest BCUT2D eigenvalue weighted by Gasteiger charge is -2.31. The van der Waals surface area contributed by atoms with Crippen LogP contribution in [0.25, 0.3) is 0 Å². The van der Waals surface area contributed by atoms with Gasteiger partial charge in [-0.3, -0.25) is 0 Å². The van der Waals surface area contributed by atoms with E-state index < -0.39 is 6.10 Å². The third-order valence-electron chi connectivity index (χ3n) is 3.88. The highest BCUT2D eigenvalue weighted by Crippen LogP contribution is 2.31. The molecule has 0 fully saturated rings. The summed E-state index contributed by atoms with van der Waals surface area (Å²) in [5.41, 5.74) is 4.67. The summed E-state index contributed by atoms with van der Waals surface area (Å²) in [7, 11) is 0. The second kappa shape index (κ2) is 5.06. The van der Waals surface area contributed by atoms with Crippen molar-refractivity contribution in [2.24, 2.45) is 0 Å². The Bertz CT molecular complexity index is 562. The van der Waals surface area contributed by atoms with Gasteiger partial charge >= 0.3 is 0 Å². The minimum atomic E-state index is -0.425. The van der Waals surface area contributed by atoms with Crippen molar-refractivity contribution in [3.8, 4) is 0 Å². The predicted octanol–water partition coefficient (Wildman–Crippen LogP) is 3.46. The van der Waals surface area contributed by atoms with Gasteiger partial charge in [0.05, 0.1) is 12.1 Å². The van der Waals surface area contributed by atoms with Crippen molar-refractivity contribution >= 4 is 5.69 Å². The number of benzene rings is 2. The summed E-state index contributed by atoms with van der Waals surface area (Å²) in [6.45, 7) is 2.08. The van der Waals surface area contributed by atoms with Gasteiger partial charge in [-0.25, -0.2) is 0 Å². The van der Waals surface area contributed by atoms with E-state index in [4.69, 9.17) is 0 Å². The number of hydrogen-bond donors (Lipinski definition) is 2. The molecule has 2 atom stereocenters. The van der Waals surface area contributed by atoms with Gasteiger partial charge in [-0.05, 0) is 43.0 Å². The Balaban J connectivity index is 1.79. The van der Waals surface area contributed by atoms with Gasteiger partial charge in [-0.1, -0.05) is 42.0 Å². The van der Waals surface area contributed by atoms with Crippen molar-refractivity contribution in [1.82, 2.24) is 0 Å². The Morgan fingerprint density at radius 1 is 1.05 bits per heavy atom. The molecule has 0 heterocycles. The fourth-order valence-corrected chi connectivity index (χ4v) is 2.75. The van der Waals surface area contributed by atoms with Gasteiger partial charge in [0.15, 0.2) is 0 Å². The first-order valence-corrected chi connectivity index (χ1v) is 6.83. The first-order valence-electron chi connectivity index (χ1n) is 6.83. The number of rotatable bonds is 2. The van der Waals surface area contributed by atoms with E-state index in [2.05, 4.69) is 42.6 Å². The smallest absolute Gasteiger partial charge is 0.0993 e. The predicted molar refractivity (Wildman–Crippen MR) is 78.3 cm³/mol. The Morgan fingerprint density at radius 2 is 1.79 bits per heavy atom. The van der Waals surface area contributed by atoms with Crippen LogP contribution in [-0.2, 0) is 6.42 Å². The molecule has 2 N–H and O–H groups in total. The first-order chi connectivity index (χ1) is 9.24. The van der Waals surface area contributed by atoms with Crippen LogP contribution in [0.4, 0.5) is 5.69 Å². The lowest BCUT2D eigenvalue weighted by atomic mass is 9.86. The van der Waals surface area contributed by atoms with Gasteiger partial charge < -0.3 is 10.4 Å². The van der Waals surface area contributed by atoms with Crippen LogP contribution in [0.3, 0.4) is 0 Å². The van der Waals surface area contributed by atoms with Gasteiger partial charge in [0.25, 0.3) is 0 Å². The molecule has 1 aliphatic carbocycles. The molecule has 1 aliphatic rings. The van der Waals surface area contributed by atoms with Crippen molar-refractivity contribution in [2.45, 2.75) is 31.9 Å². The zero-order valence-electron chi connectivity index (χ0n) is 11.1. The third kappa shape index (κ3) is 2.49. The van der Waals surface area contributed by atoms with E-state index in [9.17, 15) is 5.11 Å². The van der Waals surface area contributed by atoms with Gasteiger partial charge in [0.1, 0.15) is 0 Å². The molecule has 0 saturated heterocycles. The zero-order valence-corrected chi connectivity index (χ0v) is 11.1. The average molecular weight is 253 g/mol.